The normalized spacial score (nSPS) is 19.8. The minimum atomic E-state index is -1.26. The van der Waals surface area contributed by atoms with E-state index in [4.69, 9.17) is 11.6 Å². The molecule has 1 aromatic heterocycles. The largest absolute Gasteiger partial charge is 0.550 e. The molecular weight excluding hydrogens is 388 g/mol. The second kappa shape index (κ2) is 7.70. The number of nitrogens with one attached hydrogen (secondary N) is 2. The molecular formula is C19H18ClN2O4S-. The maximum atomic E-state index is 12.5. The van der Waals surface area contributed by atoms with E-state index in [9.17, 15) is 19.5 Å². The first-order valence-corrected chi connectivity index (χ1v) is 9.62. The van der Waals surface area contributed by atoms with Crippen molar-refractivity contribution in [3.63, 3.8) is 0 Å². The summed E-state index contributed by atoms with van der Waals surface area (Å²) in [6.45, 7) is 3.72. The second-order valence-electron chi connectivity index (χ2n) is 6.69. The van der Waals surface area contributed by atoms with Gasteiger partial charge >= 0.3 is 0 Å². The molecule has 0 unspecified atom stereocenters. The van der Waals surface area contributed by atoms with Crippen LogP contribution in [0.25, 0.3) is 10.1 Å². The van der Waals surface area contributed by atoms with Crippen LogP contribution in [0.3, 0.4) is 0 Å². The molecule has 2 amide bonds. The summed E-state index contributed by atoms with van der Waals surface area (Å²) in [5.74, 6) is -4.07. The number of hydrazine groups is 1. The lowest BCUT2D eigenvalue weighted by Gasteiger charge is -2.32. The van der Waals surface area contributed by atoms with Gasteiger partial charge in [-0.15, -0.1) is 11.3 Å². The summed E-state index contributed by atoms with van der Waals surface area (Å²) in [5.41, 5.74) is 6.61. The van der Waals surface area contributed by atoms with E-state index in [1.807, 2.05) is 38.1 Å². The van der Waals surface area contributed by atoms with E-state index in [2.05, 4.69) is 10.9 Å². The van der Waals surface area contributed by atoms with Crippen LogP contribution in [0, 0.1) is 11.8 Å². The predicted octanol–water partition coefficient (Wildman–Crippen LogP) is 2.43. The Balaban J connectivity index is 1.71. The van der Waals surface area contributed by atoms with Crippen LogP contribution in [0.1, 0.15) is 36.4 Å². The Morgan fingerprint density at radius 2 is 1.70 bits per heavy atom. The monoisotopic (exact) mass is 405 g/mol. The molecule has 1 aliphatic rings. The van der Waals surface area contributed by atoms with Gasteiger partial charge in [-0.1, -0.05) is 40.9 Å². The molecule has 1 aliphatic carbocycles. The van der Waals surface area contributed by atoms with Gasteiger partial charge < -0.3 is 9.90 Å². The molecule has 0 bridgehead atoms. The Hall–Kier alpha value is -2.38. The number of aliphatic carboxylic acids is 1. The number of thiophene rings is 1. The third-order valence-electron chi connectivity index (χ3n) is 4.95. The fourth-order valence-corrected chi connectivity index (χ4v) is 4.66. The third-order valence-corrected chi connectivity index (χ3v) is 6.62. The minimum absolute atomic E-state index is 0.266. The standard InChI is InChI=1S/C19H19ClN2O4S/c1-9-7-12(13(19(25)26)8-10(9)2)17(23)21-22-18(24)16-15(20)11-5-3-4-6-14(11)27-16/h3-6,12-13H,7-8H2,1-2H3,(H,21,23)(H,22,24)(H,25,26)/p-1/t12-,13-/m0/s1. The molecule has 0 fully saturated rings. The van der Waals surface area contributed by atoms with E-state index in [1.165, 1.54) is 11.3 Å². The van der Waals surface area contributed by atoms with Gasteiger partial charge in [0.2, 0.25) is 5.91 Å². The second-order valence-corrected chi connectivity index (χ2v) is 8.12. The molecule has 2 atom stereocenters. The number of carbonyl (C=O) groups excluding carboxylic acids is 3. The van der Waals surface area contributed by atoms with E-state index in [0.717, 1.165) is 21.2 Å². The number of carboxylic acid groups (broad SMARTS) is 1. The third kappa shape index (κ3) is 3.84. The van der Waals surface area contributed by atoms with Crippen molar-refractivity contribution < 1.29 is 19.5 Å². The fourth-order valence-electron chi connectivity index (χ4n) is 3.24. The highest BCUT2D eigenvalue weighted by molar-refractivity contribution is 7.21. The number of fused-ring (bicyclic) bond motifs is 1. The summed E-state index contributed by atoms with van der Waals surface area (Å²) in [6, 6.07) is 7.34. The van der Waals surface area contributed by atoms with Crippen molar-refractivity contribution in [2.24, 2.45) is 11.8 Å². The number of allylic oxidation sites excluding steroid dienone is 2. The highest BCUT2D eigenvalue weighted by Gasteiger charge is 2.33. The molecule has 3 rings (SSSR count). The van der Waals surface area contributed by atoms with Gasteiger partial charge in [0.1, 0.15) is 4.88 Å². The summed E-state index contributed by atoms with van der Waals surface area (Å²) in [7, 11) is 0. The minimum Gasteiger partial charge on any atom is -0.550 e. The first-order chi connectivity index (χ1) is 12.8. The molecule has 2 aromatic rings. The van der Waals surface area contributed by atoms with Gasteiger partial charge in [-0.2, -0.15) is 0 Å². The number of benzene rings is 1. The SMILES string of the molecule is CC1=C(C)C[C@H](C(=O)NNC(=O)c2sc3ccccc3c2Cl)[C@@H](C(=O)[O-])C1. The first-order valence-electron chi connectivity index (χ1n) is 8.43. The molecule has 0 saturated heterocycles. The highest BCUT2D eigenvalue weighted by atomic mass is 35.5. The number of carbonyl (C=O) groups is 3. The van der Waals surface area contributed by atoms with E-state index in [1.54, 1.807) is 0 Å². The van der Waals surface area contributed by atoms with Gasteiger partial charge in [-0.3, -0.25) is 20.4 Å². The smallest absolute Gasteiger partial charge is 0.281 e. The zero-order chi connectivity index (χ0) is 19.7. The lowest BCUT2D eigenvalue weighted by molar-refractivity contribution is -0.313. The zero-order valence-electron chi connectivity index (χ0n) is 14.8. The molecule has 6 nitrogen and oxygen atoms in total. The van der Waals surface area contributed by atoms with Crippen LogP contribution in [0.5, 0.6) is 0 Å². The van der Waals surface area contributed by atoms with Crippen molar-refractivity contribution >= 4 is 50.8 Å². The van der Waals surface area contributed by atoms with E-state index < -0.39 is 29.6 Å². The summed E-state index contributed by atoms with van der Waals surface area (Å²) < 4.78 is 0.861. The maximum Gasteiger partial charge on any atom is 0.281 e. The van der Waals surface area contributed by atoms with Crippen LogP contribution in [-0.2, 0) is 9.59 Å². The van der Waals surface area contributed by atoms with Crippen LogP contribution in [-0.4, -0.2) is 17.8 Å². The Kier molecular flexibility index (Phi) is 5.53. The Bertz CT molecular complexity index is 966. The predicted molar refractivity (Wildman–Crippen MR) is 102 cm³/mol. The topological polar surface area (TPSA) is 98.3 Å². The quantitative estimate of drug-likeness (QED) is 0.605. The average Bonchev–Trinajstić information content (AvgIpc) is 2.98. The molecule has 0 radical (unpaired) electrons. The fraction of sp³-hybridized carbons (Fsp3) is 0.316. The van der Waals surface area contributed by atoms with Gasteiger partial charge in [0.05, 0.1) is 10.9 Å². The van der Waals surface area contributed by atoms with Crippen LogP contribution < -0.4 is 16.0 Å². The van der Waals surface area contributed by atoms with Crippen molar-refractivity contribution in [3.05, 3.63) is 45.3 Å². The summed E-state index contributed by atoms with van der Waals surface area (Å²) in [6.07, 6.45) is 0.582. The van der Waals surface area contributed by atoms with Crippen molar-refractivity contribution in [1.82, 2.24) is 10.9 Å². The van der Waals surface area contributed by atoms with Gasteiger partial charge in [0.15, 0.2) is 0 Å². The Labute approximate surface area is 165 Å². The van der Waals surface area contributed by atoms with Crippen molar-refractivity contribution in [1.29, 1.82) is 0 Å². The van der Waals surface area contributed by atoms with Crippen LogP contribution in [0.15, 0.2) is 35.4 Å². The van der Waals surface area contributed by atoms with Crippen molar-refractivity contribution in [3.8, 4) is 0 Å². The Morgan fingerprint density at radius 3 is 2.33 bits per heavy atom. The molecule has 8 heteroatoms. The number of rotatable bonds is 3. The number of hydrogen-bond donors (Lipinski definition) is 2. The number of amides is 2. The van der Waals surface area contributed by atoms with Gasteiger partial charge in [-0.05, 0) is 32.8 Å². The van der Waals surface area contributed by atoms with Crippen LogP contribution >= 0.6 is 22.9 Å². The molecule has 0 spiro atoms. The average molecular weight is 406 g/mol. The lowest BCUT2D eigenvalue weighted by atomic mass is 9.76. The highest BCUT2D eigenvalue weighted by Crippen LogP contribution is 2.35. The number of carboxylic acids is 1. The van der Waals surface area contributed by atoms with E-state index in [0.29, 0.717) is 11.4 Å². The van der Waals surface area contributed by atoms with E-state index in [-0.39, 0.29) is 11.3 Å². The molecule has 0 saturated carbocycles. The molecule has 2 N–H and O–H groups in total. The molecule has 27 heavy (non-hydrogen) atoms. The van der Waals surface area contributed by atoms with Crippen LogP contribution in [0.2, 0.25) is 5.02 Å². The molecule has 142 valence electrons. The van der Waals surface area contributed by atoms with Gasteiger partial charge in [-0.25, -0.2) is 0 Å². The first kappa shape index (κ1) is 19.4. The molecule has 1 heterocycles. The van der Waals surface area contributed by atoms with Crippen molar-refractivity contribution in [2.75, 3.05) is 0 Å². The number of halogens is 1. The zero-order valence-corrected chi connectivity index (χ0v) is 16.4. The summed E-state index contributed by atoms with van der Waals surface area (Å²) >= 11 is 7.48. The summed E-state index contributed by atoms with van der Waals surface area (Å²) in [4.78, 5) is 36.6. The lowest BCUT2D eigenvalue weighted by Crippen LogP contribution is -2.49. The Morgan fingerprint density at radius 1 is 1.07 bits per heavy atom. The van der Waals surface area contributed by atoms with Gasteiger partial charge in [0.25, 0.3) is 5.91 Å². The molecule has 1 aromatic carbocycles. The molecule has 0 aliphatic heterocycles. The number of hydrogen-bond acceptors (Lipinski definition) is 5. The van der Waals surface area contributed by atoms with Gasteiger partial charge in [0, 0.05) is 22.0 Å². The maximum absolute atomic E-state index is 12.5. The van der Waals surface area contributed by atoms with Crippen molar-refractivity contribution in [2.45, 2.75) is 26.7 Å². The van der Waals surface area contributed by atoms with Crippen LogP contribution in [0.4, 0.5) is 0 Å². The summed E-state index contributed by atoms with van der Waals surface area (Å²) in [5, 5.41) is 12.5. The van der Waals surface area contributed by atoms with E-state index >= 15 is 0 Å².